The number of nitrogens with zero attached hydrogens (tertiary/aromatic N) is 3. The van der Waals surface area contributed by atoms with E-state index in [1.165, 1.54) is 6.39 Å². The summed E-state index contributed by atoms with van der Waals surface area (Å²) in [6.07, 6.45) is 0.834. The van der Waals surface area contributed by atoms with Gasteiger partial charge in [0.15, 0.2) is 12.1 Å². The smallest absolute Gasteiger partial charge is 0.276 e. The number of hydrogen-bond acceptors (Lipinski definition) is 5. The molecule has 1 aromatic carbocycles. The van der Waals surface area contributed by atoms with Crippen molar-refractivity contribution in [1.82, 2.24) is 14.8 Å². The van der Waals surface area contributed by atoms with E-state index in [1.807, 2.05) is 49.1 Å². The van der Waals surface area contributed by atoms with Gasteiger partial charge in [-0.05, 0) is 5.56 Å². The Kier molecular flexibility index (Phi) is 5.50. The largest absolute Gasteiger partial charge is 0.447 e. The number of aromatic nitrogens is 1. The van der Waals surface area contributed by atoms with Crippen molar-refractivity contribution in [3.8, 4) is 0 Å². The van der Waals surface area contributed by atoms with E-state index in [9.17, 15) is 9.90 Å². The summed E-state index contributed by atoms with van der Waals surface area (Å²) in [5, 5.41) is 10.4. The summed E-state index contributed by atoms with van der Waals surface area (Å²) < 4.78 is 5.36. The Balaban J connectivity index is 1.55. The van der Waals surface area contributed by atoms with Gasteiger partial charge in [-0.2, -0.15) is 0 Å². The maximum atomic E-state index is 12.7. The van der Waals surface area contributed by atoms with Crippen LogP contribution in [0.4, 0.5) is 0 Å². The molecule has 0 aliphatic carbocycles. The molecule has 1 amide bonds. The SMILES string of the molecule is CC(C)c1ocnc1C(=O)N1CCN(CC(O)c2ccccc2)CC1. The maximum Gasteiger partial charge on any atom is 0.276 e. The summed E-state index contributed by atoms with van der Waals surface area (Å²) in [6.45, 7) is 7.29. The molecule has 3 rings (SSSR count). The summed E-state index contributed by atoms with van der Waals surface area (Å²) >= 11 is 0. The number of aliphatic hydroxyl groups is 1. The molecule has 2 heterocycles. The Morgan fingerprint density at radius 3 is 2.52 bits per heavy atom. The Labute approximate surface area is 148 Å². The number of aliphatic hydroxyl groups excluding tert-OH is 1. The highest BCUT2D eigenvalue weighted by Gasteiger charge is 2.28. The number of benzene rings is 1. The molecule has 1 unspecified atom stereocenters. The van der Waals surface area contributed by atoms with Crippen LogP contribution < -0.4 is 0 Å². The molecule has 1 N–H and O–H groups in total. The lowest BCUT2D eigenvalue weighted by molar-refractivity contribution is 0.0521. The molecular weight excluding hydrogens is 318 g/mol. The lowest BCUT2D eigenvalue weighted by atomic mass is 10.1. The van der Waals surface area contributed by atoms with Crippen molar-refractivity contribution < 1.29 is 14.3 Å². The predicted molar refractivity (Wildman–Crippen MR) is 94.3 cm³/mol. The second-order valence-electron chi connectivity index (χ2n) is 6.74. The molecule has 134 valence electrons. The topological polar surface area (TPSA) is 69.8 Å². The number of β-amino-alcohol motifs (C(OH)–C–C–N with tert-alkyl or cyclic N) is 1. The lowest BCUT2D eigenvalue weighted by Gasteiger charge is -2.35. The fourth-order valence-electron chi connectivity index (χ4n) is 3.13. The van der Waals surface area contributed by atoms with Crippen LogP contribution in [-0.2, 0) is 0 Å². The number of oxazole rings is 1. The minimum absolute atomic E-state index is 0.0688. The second kappa shape index (κ2) is 7.80. The first-order chi connectivity index (χ1) is 12.1. The van der Waals surface area contributed by atoms with E-state index in [-0.39, 0.29) is 11.8 Å². The van der Waals surface area contributed by atoms with E-state index < -0.39 is 6.10 Å². The molecule has 0 radical (unpaired) electrons. The van der Waals surface area contributed by atoms with Crippen LogP contribution in [0.1, 0.15) is 47.7 Å². The van der Waals surface area contributed by atoms with Crippen molar-refractivity contribution >= 4 is 5.91 Å². The predicted octanol–water partition coefficient (Wildman–Crippen LogP) is 2.29. The van der Waals surface area contributed by atoms with Gasteiger partial charge in [-0.3, -0.25) is 9.69 Å². The van der Waals surface area contributed by atoms with Crippen LogP contribution in [0, 0.1) is 0 Å². The summed E-state index contributed by atoms with van der Waals surface area (Å²) in [7, 11) is 0. The van der Waals surface area contributed by atoms with Crippen molar-refractivity contribution in [2.45, 2.75) is 25.9 Å². The fourth-order valence-corrected chi connectivity index (χ4v) is 3.13. The Morgan fingerprint density at radius 2 is 1.88 bits per heavy atom. The van der Waals surface area contributed by atoms with Gasteiger partial charge < -0.3 is 14.4 Å². The van der Waals surface area contributed by atoms with Gasteiger partial charge >= 0.3 is 0 Å². The summed E-state index contributed by atoms with van der Waals surface area (Å²) in [6, 6.07) is 9.67. The zero-order valence-electron chi connectivity index (χ0n) is 14.8. The second-order valence-corrected chi connectivity index (χ2v) is 6.74. The molecule has 1 atom stereocenters. The first-order valence-corrected chi connectivity index (χ1v) is 8.74. The summed E-state index contributed by atoms with van der Waals surface area (Å²) in [5.74, 6) is 0.705. The number of carbonyl (C=O) groups is 1. The number of piperazine rings is 1. The minimum Gasteiger partial charge on any atom is -0.447 e. The highest BCUT2D eigenvalue weighted by atomic mass is 16.3. The van der Waals surface area contributed by atoms with Gasteiger partial charge in [0, 0.05) is 38.6 Å². The molecule has 6 nitrogen and oxygen atoms in total. The molecule has 1 aromatic heterocycles. The molecule has 1 fully saturated rings. The fraction of sp³-hybridized carbons (Fsp3) is 0.474. The highest BCUT2D eigenvalue weighted by Crippen LogP contribution is 2.21. The van der Waals surface area contributed by atoms with E-state index in [0.717, 1.165) is 18.7 Å². The molecule has 0 saturated carbocycles. The van der Waals surface area contributed by atoms with Gasteiger partial charge in [0.1, 0.15) is 5.76 Å². The Hall–Kier alpha value is -2.18. The first kappa shape index (κ1) is 17.6. The van der Waals surface area contributed by atoms with E-state index in [2.05, 4.69) is 9.88 Å². The van der Waals surface area contributed by atoms with Crippen LogP contribution >= 0.6 is 0 Å². The quantitative estimate of drug-likeness (QED) is 0.902. The maximum absolute atomic E-state index is 12.7. The molecule has 0 bridgehead atoms. The van der Waals surface area contributed by atoms with Crippen LogP contribution in [0.25, 0.3) is 0 Å². The highest BCUT2D eigenvalue weighted by molar-refractivity contribution is 5.93. The molecule has 25 heavy (non-hydrogen) atoms. The average Bonchev–Trinajstić information content (AvgIpc) is 3.12. The molecular formula is C19H25N3O3. The zero-order valence-corrected chi connectivity index (χ0v) is 14.8. The van der Waals surface area contributed by atoms with Crippen molar-refractivity contribution in [3.05, 3.63) is 53.7 Å². The lowest BCUT2D eigenvalue weighted by Crippen LogP contribution is -2.49. The van der Waals surface area contributed by atoms with Gasteiger partial charge in [-0.1, -0.05) is 44.2 Å². The summed E-state index contributed by atoms with van der Waals surface area (Å²) in [5.41, 5.74) is 1.35. The van der Waals surface area contributed by atoms with Gasteiger partial charge in [0.2, 0.25) is 0 Å². The third kappa shape index (κ3) is 4.08. The van der Waals surface area contributed by atoms with Gasteiger partial charge in [0.05, 0.1) is 6.10 Å². The first-order valence-electron chi connectivity index (χ1n) is 8.74. The van der Waals surface area contributed by atoms with Gasteiger partial charge in [-0.25, -0.2) is 4.98 Å². The monoisotopic (exact) mass is 343 g/mol. The van der Waals surface area contributed by atoms with E-state index in [0.29, 0.717) is 31.1 Å². The molecule has 1 saturated heterocycles. The third-order valence-corrected chi connectivity index (χ3v) is 4.60. The average molecular weight is 343 g/mol. The molecule has 1 aliphatic rings. The zero-order chi connectivity index (χ0) is 17.8. The molecule has 1 aliphatic heterocycles. The van der Waals surface area contributed by atoms with Crippen LogP contribution in [0.2, 0.25) is 0 Å². The van der Waals surface area contributed by atoms with E-state index >= 15 is 0 Å². The van der Waals surface area contributed by atoms with E-state index in [4.69, 9.17) is 4.42 Å². The molecule has 0 spiro atoms. The van der Waals surface area contributed by atoms with Crippen LogP contribution in [0.15, 0.2) is 41.1 Å². The molecule has 2 aromatic rings. The normalized spacial score (nSPS) is 17.0. The van der Waals surface area contributed by atoms with Crippen molar-refractivity contribution in [1.29, 1.82) is 0 Å². The Morgan fingerprint density at radius 1 is 1.20 bits per heavy atom. The number of amides is 1. The van der Waals surface area contributed by atoms with E-state index in [1.54, 1.807) is 0 Å². The molecule has 6 heteroatoms. The number of carbonyl (C=O) groups excluding carboxylic acids is 1. The van der Waals surface area contributed by atoms with Crippen molar-refractivity contribution in [3.63, 3.8) is 0 Å². The van der Waals surface area contributed by atoms with Crippen LogP contribution in [0.5, 0.6) is 0 Å². The van der Waals surface area contributed by atoms with Crippen LogP contribution in [-0.4, -0.2) is 58.5 Å². The van der Waals surface area contributed by atoms with Gasteiger partial charge in [0.25, 0.3) is 5.91 Å². The van der Waals surface area contributed by atoms with Crippen LogP contribution in [0.3, 0.4) is 0 Å². The standard InChI is InChI=1S/C19H25N3O3/c1-14(2)18-17(20-13-25-18)19(24)22-10-8-21(9-11-22)12-16(23)15-6-4-3-5-7-15/h3-7,13-14,16,23H,8-12H2,1-2H3. The van der Waals surface area contributed by atoms with Crippen molar-refractivity contribution in [2.24, 2.45) is 0 Å². The Bertz CT molecular complexity index is 691. The van der Waals surface area contributed by atoms with Gasteiger partial charge in [-0.15, -0.1) is 0 Å². The summed E-state index contributed by atoms with van der Waals surface area (Å²) in [4.78, 5) is 20.8. The number of rotatable bonds is 5. The minimum atomic E-state index is -0.508. The third-order valence-electron chi connectivity index (χ3n) is 4.60. The number of hydrogen-bond donors (Lipinski definition) is 1. The van der Waals surface area contributed by atoms with Crippen molar-refractivity contribution in [2.75, 3.05) is 32.7 Å².